The predicted octanol–water partition coefficient (Wildman–Crippen LogP) is 3.57. The molecule has 1 saturated heterocycles. The van der Waals surface area contributed by atoms with Crippen LogP contribution in [0.25, 0.3) is 0 Å². The van der Waals surface area contributed by atoms with Crippen LogP contribution in [0.3, 0.4) is 0 Å². The summed E-state index contributed by atoms with van der Waals surface area (Å²) in [5.41, 5.74) is -1.41. The number of hydrogen-bond acceptors (Lipinski definition) is 5. The van der Waals surface area contributed by atoms with Crippen molar-refractivity contribution in [3.8, 4) is 0 Å². The van der Waals surface area contributed by atoms with Crippen LogP contribution in [-0.2, 0) is 36.6 Å². The van der Waals surface area contributed by atoms with Gasteiger partial charge in [-0.15, -0.1) is 0 Å². The molecule has 7 nitrogen and oxygen atoms in total. The van der Waals surface area contributed by atoms with Crippen LogP contribution in [0.4, 0.5) is 15.8 Å². The van der Waals surface area contributed by atoms with Gasteiger partial charge < -0.3 is 20.3 Å². The van der Waals surface area contributed by atoms with Gasteiger partial charge in [-0.3, -0.25) is 14.4 Å². The number of fused-ring (bicyclic) bond motifs is 4. The number of benzene rings is 3. The number of anilines is 2. The minimum Gasteiger partial charge on any atom is -0.466 e. The van der Waals surface area contributed by atoms with Gasteiger partial charge in [-0.25, -0.2) is 4.39 Å². The topological polar surface area (TPSA) is 87.7 Å². The highest BCUT2D eigenvalue weighted by Gasteiger charge is 2.76. The Balaban J connectivity index is 1.60. The van der Waals surface area contributed by atoms with Crippen molar-refractivity contribution in [3.63, 3.8) is 0 Å². The Hall–Kier alpha value is -4.11. The lowest BCUT2D eigenvalue weighted by atomic mass is 9.65. The first-order valence-corrected chi connectivity index (χ1v) is 12.3. The first-order valence-electron chi connectivity index (χ1n) is 11.9. The maximum absolute atomic E-state index is 14.8. The Labute approximate surface area is 217 Å². The maximum atomic E-state index is 14.8. The SMILES string of the molecule is CCOC(=O)C1C2(NC(=S)C13C(=O)Nc1c(F)cccc13)C(=O)N(Cc1ccccc1)c1ccccc12. The average Bonchev–Trinajstić information content (AvgIpc) is 3.44. The number of halogens is 1. The largest absolute Gasteiger partial charge is 0.466 e. The molecular weight excluding hydrogens is 493 g/mol. The lowest BCUT2D eigenvalue weighted by molar-refractivity contribution is -0.156. The van der Waals surface area contributed by atoms with Gasteiger partial charge in [-0.05, 0) is 24.6 Å². The normalized spacial score (nSPS) is 25.3. The van der Waals surface area contributed by atoms with E-state index >= 15 is 0 Å². The van der Waals surface area contributed by atoms with Gasteiger partial charge in [-0.1, -0.05) is 72.9 Å². The monoisotopic (exact) mass is 515 g/mol. The molecule has 3 aliphatic rings. The van der Waals surface area contributed by atoms with Gasteiger partial charge in [0.1, 0.15) is 17.2 Å². The zero-order valence-electron chi connectivity index (χ0n) is 19.8. The molecule has 0 bridgehead atoms. The molecule has 3 atom stereocenters. The molecule has 186 valence electrons. The van der Waals surface area contributed by atoms with Gasteiger partial charge in [0.25, 0.3) is 5.91 Å². The van der Waals surface area contributed by atoms with E-state index in [0.29, 0.717) is 11.3 Å². The van der Waals surface area contributed by atoms with Crippen LogP contribution in [0.2, 0.25) is 0 Å². The van der Waals surface area contributed by atoms with Crippen LogP contribution in [0.1, 0.15) is 23.6 Å². The summed E-state index contributed by atoms with van der Waals surface area (Å²) in [6.07, 6.45) is 0. The molecule has 37 heavy (non-hydrogen) atoms. The number of thiocarbonyl (C=S) groups is 1. The number of nitrogens with one attached hydrogen (secondary N) is 2. The Morgan fingerprint density at radius 1 is 1.03 bits per heavy atom. The zero-order chi connectivity index (χ0) is 25.9. The molecule has 0 aliphatic carbocycles. The van der Waals surface area contributed by atoms with Crippen molar-refractivity contribution in [3.05, 3.63) is 95.3 Å². The maximum Gasteiger partial charge on any atom is 0.314 e. The molecule has 2 N–H and O–H groups in total. The van der Waals surface area contributed by atoms with Crippen LogP contribution in [0.15, 0.2) is 72.8 Å². The Kier molecular flexibility index (Phi) is 5.17. The van der Waals surface area contributed by atoms with Gasteiger partial charge >= 0.3 is 5.97 Å². The summed E-state index contributed by atoms with van der Waals surface area (Å²) in [5, 5.41) is 5.70. The number of amides is 2. The fourth-order valence-electron chi connectivity index (χ4n) is 6.01. The fourth-order valence-corrected chi connectivity index (χ4v) is 6.50. The second-order valence-electron chi connectivity index (χ2n) is 9.27. The predicted molar refractivity (Wildman–Crippen MR) is 138 cm³/mol. The molecule has 3 aromatic carbocycles. The second-order valence-corrected chi connectivity index (χ2v) is 9.67. The summed E-state index contributed by atoms with van der Waals surface area (Å²) in [4.78, 5) is 43.6. The highest BCUT2D eigenvalue weighted by molar-refractivity contribution is 7.80. The van der Waals surface area contributed by atoms with Gasteiger partial charge in [0, 0.05) is 11.1 Å². The minimum absolute atomic E-state index is 0.0233. The van der Waals surface area contributed by atoms with Crippen LogP contribution < -0.4 is 15.5 Å². The molecule has 3 heterocycles. The summed E-state index contributed by atoms with van der Waals surface area (Å²) in [6, 6.07) is 20.8. The summed E-state index contributed by atoms with van der Waals surface area (Å²) < 4.78 is 20.3. The second kappa shape index (κ2) is 8.21. The molecule has 3 unspecified atom stereocenters. The number of para-hydroxylation sites is 2. The molecule has 2 amide bonds. The Morgan fingerprint density at radius 2 is 1.73 bits per heavy atom. The summed E-state index contributed by atoms with van der Waals surface area (Å²) in [6.45, 7) is 1.91. The van der Waals surface area contributed by atoms with Gasteiger partial charge in [-0.2, -0.15) is 0 Å². The van der Waals surface area contributed by atoms with E-state index in [1.165, 1.54) is 12.1 Å². The van der Waals surface area contributed by atoms with Crippen LogP contribution in [-0.4, -0.2) is 29.4 Å². The lowest BCUT2D eigenvalue weighted by Gasteiger charge is -2.33. The molecule has 3 aliphatic heterocycles. The number of rotatable bonds is 4. The number of hydrogen-bond donors (Lipinski definition) is 2. The number of ether oxygens (including phenoxy) is 1. The third-order valence-corrected chi connectivity index (χ3v) is 7.90. The van der Waals surface area contributed by atoms with E-state index in [1.54, 1.807) is 42.2 Å². The molecule has 0 radical (unpaired) electrons. The molecule has 3 aromatic rings. The zero-order valence-corrected chi connectivity index (χ0v) is 20.6. The standard InChI is InChI=1S/C28H22FN3O4S/c1-2-36-23(33)22-27(18-12-8-13-19(29)21(18)30-24(27)34)25(37)31-28(22)17-11-6-7-14-20(17)32(26(28)35)15-16-9-4-3-5-10-16/h3-14,22H,2,15H2,1H3,(H,30,34)(H,31,37). The van der Waals surface area contributed by atoms with E-state index in [9.17, 15) is 18.8 Å². The first kappa shape index (κ1) is 23.3. The summed E-state index contributed by atoms with van der Waals surface area (Å²) >= 11 is 5.75. The smallest absolute Gasteiger partial charge is 0.314 e. The van der Waals surface area contributed by atoms with Gasteiger partial charge in [0.05, 0.1) is 29.5 Å². The molecule has 1 fully saturated rings. The summed E-state index contributed by atoms with van der Waals surface area (Å²) in [7, 11) is 0. The van der Waals surface area contributed by atoms with E-state index in [2.05, 4.69) is 10.6 Å². The van der Waals surface area contributed by atoms with Crippen LogP contribution in [0.5, 0.6) is 0 Å². The summed E-state index contributed by atoms with van der Waals surface area (Å²) in [5.74, 6) is -3.95. The number of esters is 1. The number of carbonyl (C=O) groups excluding carboxylic acids is 3. The van der Waals surface area contributed by atoms with Crippen molar-refractivity contribution >= 4 is 46.4 Å². The quantitative estimate of drug-likeness (QED) is 0.408. The van der Waals surface area contributed by atoms with E-state index in [1.807, 2.05) is 30.3 Å². The van der Waals surface area contributed by atoms with E-state index in [-0.39, 0.29) is 29.4 Å². The lowest BCUT2D eigenvalue weighted by Crippen LogP contribution is -2.56. The van der Waals surface area contributed by atoms with Crippen LogP contribution in [0, 0.1) is 11.7 Å². The Morgan fingerprint density at radius 3 is 2.49 bits per heavy atom. The molecule has 6 rings (SSSR count). The van der Waals surface area contributed by atoms with Crippen molar-refractivity contribution < 1.29 is 23.5 Å². The fraction of sp³-hybridized carbons (Fsp3) is 0.214. The molecular formula is C28H22FN3O4S. The molecule has 0 aromatic heterocycles. The van der Waals surface area contributed by atoms with Crippen molar-refractivity contribution in [2.24, 2.45) is 5.92 Å². The van der Waals surface area contributed by atoms with Crippen molar-refractivity contribution in [1.82, 2.24) is 5.32 Å². The van der Waals surface area contributed by atoms with E-state index in [0.717, 1.165) is 5.56 Å². The number of nitrogens with zero attached hydrogens (tertiary/aromatic N) is 1. The van der Waals surface area contributed by atoms with Gasteiger partial charge in [0.15, 0.2) is 5.54 Å². The average molecular weight is 516 g/mol. The molecule has 9 heteroatoms. The molecule has 0 saturated carbocycles. The number of carbonyl (C=O) groups is 3. The highest BCUT2D eigenvalue weighted by Crippen LogP contribution is 2.59. The first-order chi connectivity index (χ1) is 17.9. The van der Waals surface area contributed by atoms with Gasteiger partial charge in [0.2, 0.25) is 5.91 Å². The van der Waals surface area contributed by atoms with E-state index < -0.39 is 40.5 Å². The van der Waals surface area contributed by atoms with Crippen molar-refractivity contribution in [1.29, 1.82) is 0 Å². The van der Waals surface area contributed by atoms with Crippen molar-refractivity contribution in [2.75, 3.05) is 16.8 Å². The molecule has 2 spiro atoms. The van der Waals surface area contributed by atoms with E-state index in [4.69, 9.17) is 17.0 Å². The Bertz CT molecular complexity index is 1500. The minimum atomic E-state index is -1.83. The third-order valence-electron chi connectivity index (χ3n) is 7.48. The third kappa shape index (κ3) is 2.91. The van der Waals surface area contributed by atoms with Crippen molar-refractivity contribution in [2.45, 2.75) is 24.4 Å². The van der Waals surface area contributed by atoms with Crippen LogP contribution >= 0.6 is 12.2 Å². The highest BCUT2D eigenvalue weighted by atomic mass is 32.1.